The van der Waals surface area contributed by atoms with Gasteiger partial charge in [0, 0.05) is 25.0 Å². The molecule has 27 heavy (non-hydrogen) atoms. The van der Waals surface area contributed by atoms with Crippen LogP contribution in [0.25, 0.3) is 5.69 Å². The Hall–Kier alpha value is -2.83. The number of fused-ring (bicyclic) bond motifs is 1. The quantitative estimate of drug-likeness (QED) is 0.813. The molecule has 4 rings (SSSR count). The first-order chi connectivity index (χ1) is 12.8. The lowest BCUT2D eigenvalue weighted by Gasteiger charge is -2.23. The van der Waals surface area contributed by atoms with Gasteiger partial charge in [-0.15, -0.1) is 0 Å². The molecular weight excluding hydrogens is 344 g/mol. The number of imide groups is 1. The third-order valence-corrected chi connectivity index (χ3v) is 4.77. The lowest BCUT2D eigenvalue weighted by molar-refractivity contribution is 0.0246. The summed E-state index contributed by atoms with van der Waals surface area (Å²) >= 11 is 0. The predicted molar refractivity (Wildman–Crippen MR) is 101 cm³/mol. The first kappa shape index (κ1) is 17.6. The average molecular weight is 368 g/mol. The Morgan fingerprint density at radius 1 is 1.07 bits per heavy atom. The fourth-order valence-electron chi connectivity index (χ4n) is 3.46. The molecule has 7 heteroatoms. The minimum Gasteiger partial charge on any atom is -0.443 e. The number of hydrogen-bond acceptors (Lipinski definition) is 5. The van der Waals surface area contributed by atoms with Crippen molar-refractivity contribution in [1.29, 1.82) is 0 Å². The van der Waals surface area contributed by atoms with Crippen LogP contribution in [0.1, 0.15) is 49.7 Å². The van der Waals surface area contributed by atoms with Crippen LogP contribution in [-0.2, 0) is 11.3 Å². The molecule has 2 amide bonds. The maximum absolute atomic E-state index is 12.6. The van der Waals surface area contributed by atoms with Crippen molar-refractivity contribution < 1.29 is 14.3 Å². The second kappa shape index (κ2) is 6.40. The van der Waals surface area contributed by atoms with Crippen molar-refractivity contribution in [3.63, 3.8) is 0 Å². The van der Waals surface area contributed by atoms with E-state index in [1.165, 1.54) is 18.5 Å². The molecule has 1 aromatic carbocycles. The SMILES string of the molecule is CC(C)(C)OC(=O)N1Cc2nn(-c3ccc(N4CCCC4)cc3)cc2C1=O. The van der Waals surface area contributed by atoms with Gasteiger partial charge in [0.15, 0.2) is 0 Å². The van der Waals surface area contributed by atoms with E-state index in [0.717, 1.165) is 23.7 Å². The summed E-state index contributed by atoms with van der Waals surface area (Å²) in [5, 5.41) is 4.50. The minimum atomic E-state index is -0.644. The van der Waals surface area contributed by atoms with Crippen LogP contribution in [0.15, 0.2) is 30.5 Å². The van der Waals surface area contributed by atoms with Crippen LogP contribution < -0.4 is 4.90 Å². The lowest BCUT2D eigenvalue weighted by Crippen LogP contribution is -2.37. The Bertz CT molecular complexity index is 874. The molecule has 0 atom stereocenters. The number of rotatable bonds is 2. The van der Waals surface area contributed by atoms with Crippen LogP contribution in [-0.4, -0.2) is 45.4 Å². The van der Waals surface area contributed by atoms with Crippen molar-refractivity contribution in [2.24, 2.45) is 0 Å². The van der Waals surface area contributed by atoms with Crippen molar-refractivity contribution in [1.82, 2.24) is 14.7 Å². The summed E-state index contributed by atoms with van der Waals surface area (Å²) < 4.78 is 6.99. The molecule has 2 aliphatic rings. The van der Waals surface area contributed by atoms with Gasteiger partial charge < -0.3 is 9.64 Å². The first-order valence-electron chi connectivity index (χ1n) is 9.31. The third kappa shape index (κ3) is 3.41. The van der Waals surface area contributed by atoms with Crippen LogP contribution in [0, 0.1) is 0 Å². The molecule has 0 saturated carbocycles. The number of amides is 2. The zero-order chi connectivity index (χ0) is 19.2. The largest absolute Gasteiger partial charge is 0.443 e. The number of ether oxygens (including phenoxy) is 1. The highest BCUT2D eigenvalue weighted by molar-refractivity contribution is 6.06. The molecule has 2 aliphatic heterocycles. The van der Waals surface area contributed by atoms with Gasteiger partial charge in [0.1, 0.15) is 5.60 Å². The van der Waals surface area contributed by atoms with Gasteiger partial charge in [-0.25, -0.2) is 14.4 Å². The molecule has 2 aromatic rings. The topological polar surface area (TPSA) is 67.7 Å². The Morgan fingerprint density at radius 2 is 1.70 bits per heavy atom. The van der Waals surface area contributed by atoms with Crippen molar-refractivity contribution >= 4 is 17.7 Å². The van der Waals surface area contributed by atoms with E-state index in [2.05, 4.69) is 22.1 Å². The molecule has 1 aromatic heterocycles. The molecule has 0 unspecified atom stereocenters. The van der Waals surface area contributed by atoms with E-state index in [1.54, 1.807) is 31.6 Å². The van der Waals surface area contributed by atoms with Crippen molar-refractivity contribution in [3.8, 4) is 5.69 Å². The highest BCUT2D eigenvalue weighted by Crippen LogP contribution is 2.26. The molecule has 0 N–H and O–H groups in total. The molecule has 1 fully saturated rings. The average Bonchev–Trinajstić information content (AvgIpc) is 3.31. The molecule has 0 bridgehead atoms. The second-order valence-electron chi connectivity index (χ2n) is 8.02. The van der Waals surface area contributed by atoms with Crippen LogP contribution in [0.4, 0.5) is 10.5 Å². The van der Waals surface area contributed by atoms with Crippen molar-refractivity contribution in [2.45, 2.75) is 45.8 Å². The Morgan fingerprint density at radius 3 is 2.30 bits per heavy atom. The van der Waals surface area contributed by atoms with Gasteiger partial charge in [-0.1, -0.05) is 0 Å². The number of aromatic nitrogens is 2. The molecular formula is C20H24N4O3. The zero-order valence-electron chi connectivity index (χ0n) is 15.9. The maximum atomic E-state index is 12.6. The number of nitrogens with zero attached hydrogens (tertiary/aromatic N) is 4. The van der Waals surface area contributed by atoms with Gasteiger partial charge in [0.2, 0.25) is 0 Å². The standard InChI is InChI=1S/C20H24N4O3/c1-20(2,3)27-19(26)23-13-17-16(18(23)25)12-24(21-17)15-8-6-14(7-9-15)22-10-4-5-11-22/h6-9,12H,4-5,10-11,13H2,1-3H3. The lowest BCUT2D eigenvalue weighted by atomic mass is 10.2. The molecule has 1 saturated heterocycles. The van der Waals surface area contributed by atoms with Crippen LogP contribution >= 0.6 is 0 Å². The third-order valence-electron chi connectivity index (χ3n) is 4.77. The summed E-state index contributed by atoms with van der Waals surface area (Å²) in [6, 6.07) is 8.18. The van der Waals surface area contributed by atoms with E-state index in [9.17, 15) is 9.59 Å². The van der Waals surface area contributed by atoms with E-state index in [1.807, 2.05) is 12.1 Å². The van der Waals surface area contributed by atoms with Crippen LogP contribution in [0.3, 0.4) is 0 Å². The van der Waals surface area contributed by atoms with Gasteiger partial charge in [-0.05, 0) is 57.9 Å². The number of hydrogen-bond donors (Lipinski definition) is 0. The van der Waals surface area contributed by atoms with Gasteiger partial charge in [0.05, 0.1) is 23.5 Å². The highest BCUT2D eigenvalue weighted by atomic mass is 16.6. The predicted octanol–water partition coefficient (Wildman–Crippen LogP) is 3.36. The molecule has 0 aliphatic carbocycles. The summed E-state index contributed by atoms with van der Waals surface area (Å²) in [5.41, 5.74) is 2.50. The summed E-state index contributed by atoms with van der Waals surface area (Å²) in [6.45, 7) is 7.67. The van der Waals surface area contributed by atoms with Gasteiger partial charge >= 0.3 is 6.09 Å². The van der Waals surface area contributed by atoms with E-state index in [4.69, 9.17) is 4.74 Å². The van der Waals surface area contributed by atoms with Gasteiger partial charge in [-0.2, -0.15) is 5.10 Å². The Balaban J connectivity index is 1.50. The molecule has 0 radical (unpaired) electrons. The van der Waals surface area contributed by atoms with E-state index >= 15 is 0 Å². The number of carbonyl (C=O) groups excluding carboxylic acids is 2. The molecule has 0 spiro atoms. The number of anilines is 1. The fraction of sp³-hybridized carbons (Fsp3) is 0.450. The van der Waals surface area contributed by atoms with E-state index in [-0.39, 0.29) is 12.5 Å². The monoisotopic (exact) mass is 368 g/mol. The van der Waals surface area contributed by atoms with Crippen molar-refractivity contribution in [3.05, 3.63) is 41.7 Å². The van der Waals surface area contributed by atoms with Crippen LogP contribution in [0.5, 0.6) is 0 Å². The van der Waals surface area contributed by atoms with Crippen LogP contribution in [0.2, 0.25) is 0 Å². The molecule has 3 heterocycles. The second-order valence-corrected chi connectivity index (χ2v) is 8.02. The van der Waals surface area contributed by atoms with Gasteiger partial charge in [-0.3, -0.25) is 4.79 Å². The molecule has 7 nitrogen and oxygen atoms in total. The normalized spacial score (nSPS) is 16.8. The fourth-order valence-corrected chi connectivity index (χ4v) is 3.46. The number of benzene rings is 1. The van der Waals surface area contributed by atoms with Crippen molar-refractivity contribution in [2.75, 3.05) is 18.0 Å². The van der Waals surface area contributed by atoms with E-state index in [0.29, 0.717) is 11.3 Å². The Labute approximate surface area is 158 Å². The minimum absolute atomic E-state index is 0.141. The van der Waals surface area contributed by atoms with Gasteiger partial charge in [0.25, 0.3) is 5.91 Å². The number of carbonyl (C=O) groups is 2. The highest BCUT2D eigenvalue weighted by Gasteiger charge is 2.37. The summed E-state index contributed by atoms with van der Waals surface area (Å²) in [6.07, 6.45) is 3.53. The summed E-state index contributed by atoms with van der Waals surface area (Å²) in [5.74, 6) is -0.362. The smallest absolute Gasteiger partial charge is 0.417 e. The zero-order valence-corrected chi connectivity index (χ0v) is 15.9. The summed E-state index contributed by atoms with van der Waals surface area (Å²) in [4.78, 5) is 28.2. The first-order valence-corrected chi connectivity index (χ1v) is 9.31. The Kier molecular flexibility index (Phi) is 4.17. The van der Waals surface area contributed by atoms with E-state index < -0.39 is 11.7 Å². The maximum Gasteiger partial charge on any atom is 0.417 e. The summed E-state index contributed by atoms with van der Waals surface area (Å²) in [7, 11) is 0. The molecule has 142 valence electrons.